The van der Waals surface area contributed by atoms with Gasteiger partial charge in [-0.3, -0.25) is 14.4 Å². The van der Waals surface area contributed by atoms with Crippen molar-refractivity contribution in [1.29, 1.82) is 0 Å². The van der Waals surface area contributed by atoms with Crippen LogP contribution in [0.3, 0.4) is 0 Å². The maximum Gasteiger partial charge on any atom is 0.224 e. The predicted octanol–water partition coefficient (Wildman–Crippen LogP) is 3.61. The maximum atomic E-state index is 13.2. The first kappa shape index (κ1) is 20.5. The monoisotopic (exact) mass is 386 g/mol. The Bertz CT molecular complexity index is 799. The van der Waals surface area contributed by atoms with Crippen LogP contribution < -0.4 is 0 Å². The minimum absolute atomic E-state index is 0.126. The van der Waals surface area contributed by atoms with Gasteiger partial charge in [-0.05, 0) is 37.5 Å². The van der Waals surface area contributed by atoms with Gasteiger partial charge in [0, 0.05) is 56.9 Å². The Labute approximate surface area is 167 Å². The van der Waals surface area contributed by atoms with E-state index in [4.69, 9.17) is 0 Å². The Balaban J connectivity index is 1.77. The molecule has 0 bridgehead atoms. The van der Waals surface area contributed by atoms with Crippen molar-refractivity contribution < 1.29 is 9.18 Å². The van der Waals surface area contributed by atoms with Gasteiger partial charge in [0.2, 0.25) is 5.91 Å². The first-order valence-corrected chi connectivity index (χ1v) is 10.2. The summed E-state index contributed by atoms with van der Waals surface area (Å²) < 4.78 is 15.2. The highest BCUT2D eigenvalue weighted by Crippen LogP contribution is 2.22. The van der Waals surface area contributed by atoms with Gasteiger partial charge in [0.05, 0.1) is 5.69 Å². The van der Waals surface area contributed by atoms with Crippen LogP contribution >= 0.6 is 0 Å². The predicted molar refractivity (Wildman–Crippen MR) is 108 cm³/mol. The number of aromatic nitrogens is 2. The molecule has 2 aromatic rings. The quantitative estimate of drug-likeness (QED) is 0.762. The first-order chi connectivity index (χ1) is 13.4. The molecule has 1 atom stereocenters. The third-order valence-electron chi connectivity index (χ3n) is 5.61. The third kappa shape index (κ3) is 4.79. The molecule has 28 heavy (non-hydrogen) atoms. The van der Waals surface area contributed by atoms with Gasteiger partial charge >= 0.3 is 0 Å². The number of amides is 1. The Morgan fingerprint density at radius 1 is 1.21 bits per heavy atom. The van der Waals surface area contributed by atoms with Crippen LogP contribution in [0.15, 0.2) is 30.5 Å². The third-order valence-corrected chi connectivity index (χ3v) is 5.61. The van der Waals surface area contributed by atoms with E-state index in [-0.39, 0.29) is 17.8 Å². The summed E-state index contributed by atoms with van der Waals surface area (Å²) in [5, 5.41) is 4.55. The van der Waals surface area contributed by atoms with Crippen LogP contribution in [0.5, 0.6) is 0 Å². The highest BCUT2D eigenvalue weighted by Gasteiger charge is 2.32. The van der Waals surface area contributed by atoms with Crippen molar-refractivity contribution in [2.75, 3.05) is 13.1 Å². The molecule has 0 unspecified atom stereocenters. The molecule has 1 aromatic carbocycles. The van der Waals surface area contributed by atoms with E-state index in [1.54, 1.807) is 12.1 Å². The van der Waals surface area contributed by atoms with Crippen LogP contribution in [0.2, 0.25) is 0 Å². The zero-order chi connectivity index (χ0) is 20.3. The number of rotatable bonds is 6. The van der Waals surface area contributed by atoms with Crippen LogP contribution in [0.25, 0.3) is 0 Å². The van der Waals surface area contributed by atoms with Crippen molar-refractivity contribution in [3.05, 3.63) is 53.1 Å². The number of halogens is 1. The highest BCUT2D eigenvalue weighted by atomic mass is 19.1. The van der Waals surface area contributed by atoms with E-state index < -0.39 is 0 Å². The fraction of sp³-hybridized carbons (Fsp3) is 0.545. The molecule has 1 aromatic heterocycles. The normalized spacial score (nSPS) is 18.7. The smallest absolute Gasteiger partial charge is 0.224 e. The summed E-state index contributed by atoms with van der Waals surface area (Å²) in [6.07, 6.45) is 2.62. The van der Waals surface area contributed by atoms with Crippen LogP contribution in [0, 0.1) is 18.7 Å². The summed E-state index contributed by atoms with van der Waals surface area (Å²) in [5.74, 6) is 0.261. The van der Waals surface area contributed by atoms with Gasteiger partial charge < -0.3 is 4.90 Å². The van der Waals surface area contributed by atoms with Crippen LogP contribution in [-0.2, 0) is 24.4 Å². The van der Waals surface area contributed by atoms with Gasteiger partial charge in [-0.1, -0.05) is 26.0 Å². The van der Waals surface area contributed by atoms with E-state index >= 15 is 0 Å². The number of benzene rings is 1. The van der Waals surface area contributed by atoms with E-state index in [9.17, 15) is 9.18 Å². The molecule has 1 aliphatic rings. The van der Waals surface area contributed by atoms with Crippen molar-refractivity contribution >= 4 is 5.91 Å². The molecule has 1 amide bonds. The molecule has 0 aliphatic carbocycles. The molecule has 0 saturated carbocycles. The lowest BCUT2D eigenvalue weighted by Crippen LogP contribution is -2.45. The summed E-state index contributed by atoms with van der Waals surface area (Å²) in [6.45, 7) is 12.3. The van der Waals surface area contributed by atoms with Crippen molar-refractivity contribution in [3.8, 4) is 0 Å². The fourth-order valence-corrected chi connectivity index (χ4v) is 3.86. The second-order valence-electron chi connectivity index (χ2n) is 8.04. The maximum absolute atomic E-state index is 13.2. The first-order valence-electron chi connectivity index (χ1n) is 10.2. The van der Waals surface area contributed by atoms with Crippen molar-refractivity contribution in [2.45, 2.75) is 59.8 Å². The van der Waals surface area contributed by atoms with Crippen LogP contribution in [-0.4, -0.2) is 44.6 Å². The molecule has 152 valence electrons. The molecule has 6 heteroatoms. The summed E-state index contributed by atoms with van der Waals surface area (Å²) in [4.78, 5) is 17.3. The number of hydrogen-bond acceptors (Lipinski definition) is 3. The molecule has 0 N–H and O–H groups in total. The van der Waals surface area contributed by atoms with Crippen molar-refractivity contribution in [3.63, 3.8) is 0 Å². The van der Waals surface area contributed by atoms with E-state index in [1.165, 1.54) is 17.7 Å². The van der Waals surface area contributed by atoms with Gasteiger partial charge in [0.1, 0.15) is 5.82 Å². The van der Waals surface area contributed by atoms with Crippen LogP contribution in [0.1, 0.15) is 44.0 Å². The fourth-order valence-electron chi connectivity index (χ4n) is 3.86. The van der Waals surface area contributed by atoms with E-state index in [0.29, 0.717) is 18.9 Å². The van der Waals surface area contributed by atoms with Gasteiger partial charge in [-0.15, -0.1) is 0 Å². The highest BCUT2D eigenvalue weighted by molar-refractivity contribution is 5.77. The molecule has 0 spiro atoms. The second-order valence-corrected chi connectivity index (χ2v) is 8.04. The summed E-state index contributed by atoms with van der Waals surface area (Å²) >= 11 is 0. The van der Waals surface area contributed by atoms with Gasteiger partial charge in [-0.25, -0.2) is 4.39 Å². The lowest BCUT2D eigenvalue weighted by Gasteiger charge is -2.35. The van der Waals surface area contributed by atoms with Crippen molar-refractivity contribution in [1.82, 2.24) is 19.6 Å². The molecule has 5 nitrogen and oxygen atoms in total. The largest absolute Gasteiger partial charge is 0.334 e. The number of carbonyl (C=O) groups is 1. The second kappa shape index (κ2) is 8.86. The summed E-state index contributed by atoms with van der Waals surface area (Å²) in [6, 6.07) is 6.59. The number of hydrogen-bond donors (Lipinski definition) is 0. The number of carbonyl (C=O) groups excluding carboxylic acids is 1. The van der Waals surface area contributed by atoms with E-state index in [1.807, 2.05) is 16.5 Å². The Kier molecular flexibility index (Phi) is 6.50. The zero-order valence-corrected chi connectivity index (χ0v) is 17.4. The zero-order valence-electron chi connectivity index (χ0n) is 17.4. The summed E-state index contributed by atoms with van der Waals surface area (Å²) in [7, 11) is 0. The standard InChI is InChI=1S/C22H31FN4O/c1-5-26-14-19(17(4)24-26)13-25-11-10-22(28)27(21(15-25)16(2)3)12-18-6-8-20(23)9-7-18/h6-9,14,16,21H,5,10-13,15H2,1-4H3/t21-/m1/s1. The SMILES string of the molecule is CCn1cc(CN2CCC(=O)N(Cc3ccc(F)cc3)[C@@H](C(C)C)C2)c(C)n1. The van der Waals surface area contributed by atoms with Gasteiger partial charge in [-0.2, -0.15) is 5.10 Å². The molecule has 0 radical (unpaired) electrons. The molecular formula is C22H31FN4O. The van der Waals surface area contributed by atoms with E-state index in [2.05, 4.69) is 37.0 Å². The Morgan fingerprint density at radius 2 is 1.93 bits per heavy atom. The lowest BCUT2D eigenvalue weighted by molar-refractivity contribution is -0.134. The minimum Gasteiger partial charge on any atom is -0.334 e. The van der Waals surface area contributed by atoms with Gasteiger partial charge in [0.15, 0.2) is 0 Å². The molecule has 1 fully saturated rings. The summed E-state index contributed by atoms with van der Waals surface area (Å²) in [5.41, 5.74) is 3.25. The average Bonchev–Trinajstić information content (AvgIpc) is 2.94. The average molecular weight is 387 g/mol. The minimum atomic E-state index is -0.250. The van der Waals surface area contributed by atoms with E-state index in [0.717, 1.165) is 37.4 Å². The van der Waals surface area contributed by atoms with Crippen LogP contribution in [0.4, 0.5) is 4.39 Å². The molecule has 1 saturated heterocycles. The molecular weight excluding hydrogens is 355 g/mol. The Morgan fingerprint density at radius 3 is 2.54 bits per heavy atom. The topological polar surface area (TPSA) is 41.4 Å². The molecule has 2 heterocycles. The van der Waals surface area contributed by atoms with Gasteiger partial charge in [0.25, 0.3) is 0 Å². The molecule has 1 aliphatic heterocycles. The lowest BCUT2D eigenvalue weighted by atomic mass is 10.0. The number of nitrogens with zero attached hydrogens (tertiary/aromatic N) is 4. The Hall–Kier alpha value is -2.21. The van der Waals surface area contributed by atoms with Crippen molar-refractivity contribution in [2.24, 2.45) is 5.92 Å². The molecule has 3 rings (SSSR count). The number of aryl methyl sites for hydroxylation is 2.